The van der Waals surface area contributed by atoms with Crippen LogP contribution in [0.15, 0.2) is 29.3 Å². The van der Waals surface area contributed by atoms with E-state index in [4.69, 9.17) is 4.99 Å². The predicted octanol–water partition coefficient (Wildman–Crippen LogP) is 4.75. The second kappa shape index (κ2) is 8.12. The first-order valence-electron chi connectivity index (χ1n) is 9.18. The highest BCUT2D eigenvalue weighted by molar-refractivity contribution is 8.14. The third-order valence-electron chi connectivity index (χ3n) is 5.08. The number of hydrogen-bond donors (Lipinski definition) is 0. The minimum atomic E-state index is -4.52. The number of rotatable bonds is 3. The number of alkyl halides is 3. The summed E-state index contributed by atoms with van der Waals surface area (Å²) in [6, 6.07) is 5.52. The number of nitrogens with zero attached hydrogens (tertiary/aromatic N) is 3. The number of amides is 1. The van der Waals surface area contributed by atoms with Crippen molar-refractivity contribution in [3.8, 4) is 0 Å². The van der Waals surface area contributed by atoms with E-state index in [0.717, 1.165) is 36.9 Å². The van der Waals surface area contributed by atoms with Crippen LogP contribution in [0.2, 0.25) is 0 Å². The molecule has 1 aromatic rings. The highest BCUT2D eigenvalue weighted by atomic mass is 32.2. The maximum atomic E-state index is 13.5. The molecule has 1 amide bonds. The number of amidine groups is 1. The van der Waals surface area contributed by atoms with Crippen LogP contribution in [0.5, 0.6) is 0 Å². The van der Waals surface area contributed by atoms with Gasteiger partial charge in [-0.1, -0.05) is 43.2 Å². The quantitative estimate of drug-likeness (QED) is 0.736. The van der Waals surface area contributed by atoms with E-state index in [0.29, 0.717) is 5.75 Å². The summed E-state index contributed by atoms with van der Waals surface area (Å²) in [5.74, 6) is 0.0800. The summed E-state index contributed by atoms with van der Waals surface area (Å²) < 4.78 is 40.4. The van der Waals surface area contributed by atoms with Crippen molar-refractivity contribution in [1.29, 1.82) is 0 Å². The number of hydrogen-bond acceptors (Lipinski definition) is 3. The Balaban J connectivity index is 1.89. The summed E-state index contributed by atoms with van der Waals surface area (Å²) in [5.41, 5.74) is -0.898. The molecule has 0 spiro atoms. The van der Waals surface area contributed by atoms with Crippen molar-refractivity contribution in [2.75, 3.05) is 17.7 Å². The van der Waals surface area contributed by atoms with Gasteiger partial charge < -0.3 is 4.90 Å². The summed E-state index contributed by atoms with van der Waals surface area (Å²) in [4.78, 5) is 20.2. The molecule has 1 atom stereocenters. The summed E-state index contributed by atoms with van der Waals surface area (Å²) in [6.45, 7) is 1.31. The Morgan fingerprint density at radius 3 is 2.52 bits per heavy atom. The summed E-state index contributed by atoms with van der Waals surface area (Å²) >= 11 is 1.51. The summed E-state index contributed by atoms with van der Waals surface area (Å²) in [5, 5.41) is 0.808. The largest absolute Gasteiger partial charge is 0.418 e. The molecule has 4 nitrogen and oxygen atoms in total. The maximum absolute atomic E-state index is 13.5. The van der Waals surface area contributed by atoms with Crippen LogP contribution in [-0.2, 0) is 11.0 Å². The molecule has 2 fully saturated rings. The van der Waals surface area contributed by atoms with E-state index in [1.54, 1.807) is 7.05 Å². The number of anilines is 1. The number of para-hydroxylation sites is 1. The molecule has 0 aromatic heterocycles. The van der Waals surface area contributed by atoms with Gasteiger partial charge >= 0.3 is 6.18 Å². The van der Waals surface area contributed by atoms with Crippen LogP contribution >= 0.6 is 11.8 Å². The molecule has 1 heterocycles. The molecule has 1 unspecified atom stereocenters. The van der Waals surface area contributed by atoms with Crippen molar-refractivity contribution in [3.63, 3.8) is 0 Å². The standard InChI is InChI=1S/C19H24F3N3OS/c1-13(26)25(16-11-7-6-10-15(16)19(20,21)22)17-12-27-18(24(17)2)23-14-8-4-3-5-9-14/h6-7,10-11,14,17H,3-5,8-9,12H2,1-2H3. The fraction of sp³-hybridized carbons (Fsp3) is 0.579. The van der Waals surface area contributed by atoms with Gasteiger partial charge in [0.2, 0.25) is 5.91 Å². The number of carbonyl (C=O) groups is 1. The minimum absolute atomic E-state index is 0.103. The topological polar surface area (TPSA) is 35.9 Å². The Labute approximate surface area is 161 Å². The highest BCUT2D eigenvalue weighted by Gasteiger charge is 2.40. The number of carbonyl (C=O) groups excluding carboxylic acids is 1. The Bertz CT molecular complexity index is 716. The zero-order valence-corrected chi connectivity index (χ0v) is 16.3. The molecular formula is C19H24F3N3OS. The Hall–Kier alpha value is -1.70. The Morgan fingerprint density at radius 2 is 1.89 bits per heavy atom. The SMILES string of the molecule is CC(=O)N(c1ccccc1C(F)(F)F)C1CSC(=NC2CCCCC2)N1C. The lowest BCUT2D eigenvalue weighted by molar-refractivity contribution is -0.137. The highest BCUT2D eigenvalue weighted by Crippen LogP contribution is 2.39. The molecule has 1 saturated heterocycles. The lowest BCUT2D eigenvalue weighted by Gasteiger charge is -2.34. The first kappa shape index (κ1) is 20.0. The molecule has 0 N–H and O–H groups in total. The smallest absolute Gasteiger partial charge is 0.333 e. The number of benzene rings is 1. The average molecular weight is 399 g/mol. The van der Waals surface area contributed by atoms with Gasteiger partial charge in [0.05, 0.1) is 17.3 Å². The number of aliphatic imine (C=N–C) groups is 1. The van der Waals surface area contributed by atoms with Gasteiger partial charge in [0, 0.05) is 19.7 Å². The van der Waals surface area contributed by atoms with Crippen LogP contribution in [0.4, 0.5) is 18.9 Å². The first-order chi connectivity index (χ1) is 12.8. The molecule has 0 radical (unpaired) electrons. The Morgan fingerprint density at radius 1 is 1.22 bits per heavy atom. The third-order valence-corrected chi connectivity index (χ3v) is 6.20. The van der Waals surface area contributed by atoms with Crippen LogP contribution in [0, 0.1) is 0 Å². The second-order valence-corrected chi connectivity index (χ2v) is 8.00. The van der Waals surface area contributed by atoms with Gasteiger partial charge in [-0.15, -0.1) is 0 Å². The number of thioether (sulfide) groups is 1. The van der Waals surface area contributed by atoms with Crippen LogP contribution in [-0.4, -0.2) is 41.0 Å². The molecule has 3 rings (SSSR count). The van der Waals surface area contributed by atoms with Crippen LogP contribution < -0.4 is 4.90 Å². The maximum Gasteiger partial charge on any atom is 0.418 e. The van der Waals surface area contributed by atoms with E-state index in [9.17, 15) is 18.0 Å². The van der Waals surface area contributed by atoms with E-state index in [-0.39, 0.29) is 11.7 Å². The molecule has 148 valence electrons. The first-order valence-corrected chi connectivity index (χ1v) is 10.2. The lowest BCUT2D eigenvalue weighted by Crippen LogP contribution is -2.49. The van der Waals surface area contributed by atoms with Gasteiger partial charge in [0.15, 0.2) is 5.17 Å². The molecule has 2 aliphatic rings. The summed E-state index contributed by atoms with van der Waals surface area (Å²) in [7, 11) is 1.80. The molecule has 27 heavy (non-hydrogen) atoms. The van der Waals surface area contributed by atoms with E-state index in [2.05, 4.69) is 0 Å². The van der Waals surface area contributed by atoms with Crippen LogP contribution in [0.25, 0.3) is 0 Å². The summed E-state index contributed by atoms with van der Waals surface area (Å²) in [6.07, 6.45) is 0.659. The van der Waals surface area contributed by atoms with Crippen molar-refractivity contribution in [3.05, 3.63) is 29.8 Å². The van der Waals surface area contributed by atoms with E-state index >= 15 is 0 Å². The monoisotopic (exact) mass is 399 g/mol. The van der Waals surface area contributed by atoms with Gasteiger partial charge in [0.25, 0.3) is 0 Å². The second-order valence-electron chi connectivity index (χ2n) is 7.01. The fourth-order valence-corrected chi connectivity index (χ4v) is 4.92. The Kier molecular flexibility index (Phi) is 6.03. The molecule has 8 heteroatoms. The van der Waals surface area contributed by atoms with Gasteiger partial charge in [-0.25, -0.2) is 0 Å². The number of halogens is 3. The molecule has 1 aromatic carbocycles. The third kappa shape index (κ3) is 4.42. The fourth-order valence-electron chi connectivity index (χ4n) is 3.70. The van der Waals surface area contributed by atoms with Crippen molar-refractivity contribution < 1.29 is 18.0 Å². The van der Waals surface area contributed by atoms with Gasteiger partial charge in [-0.3, -0.25) is 14.7 Å². The normalized spacial score (nSPS) is 23.1. The molecule has 1 aliphatic heterocycles. The molecule has 1 saturated carbocycles. The van der Waals surface area contributed by atoms with Crippen molar-refractivity contribution in [2.24, 2.45) is 4.99 Å². The van der Waals surface area contributed by atoms with Crippen LogP contribution in [0.3, 0.4) is 0 Å². The zero-order chi connectivity index (χ0) is 19.6. The average Bonchev–Trinajstić information content (AvgIpc) is 2.96. The van der Waals surface area contributed by atoms with E-state index in [1.807, 2.05) is 4.90 Å². The van der Waals surface area contributed by atoms with Gasteiger partial charge in [0.1, 0.15) is 6.17 Å². The van der Waals surface area contributed by atoms with E-state index < -0.39 is 23.8 Å². The molecule has 0 bridgehead atoms. The van der Waals surface area contributed by atoms with Crippen molar-refractivity contribution in [1.82, 2.24) is 4.90 Å². The van der Waals surface area contributed by atoms with Gasteiger partial charge in [-0.2, -0.15) is 13.2 Å². The lowest BCUT2D eigenvalue weighted by atomic mass is 9.96. The molecular weight excluding hydrogens is 375 g/mol. The molecule has 1 aliphatic carbocycles. The minimum Gasteiger partial charge on any atom is -0.333 e. The van der Waals surface area contributed by atoms with Gasteiger partial charge in [-0.05, 0) is 25.0 Å². The predicted molar refractivity (Wildman–Crippen MR) is 103 cm³/mol. The zero-order valence-electron chi connectivity index (χ0n) is 15.5. The van der Waals surface area contributed by atoms with Crippen LogP contribution in [0.1, 0.15) is 44.6 Å². The van der Waals surface area contributed by atoms with Crippen molar-refractivity contribution >= 4 is 28.5 Å². The van der Waals surface area contributed by atoms with E-state index in [1.165, 1.54) is 48.2 Å². The van der Waals surface area contributed by atoms with Crippen molar-refractivity contribution in [2.45, 2.75) is 57.4 Å².